The zero-order valence-electron chi connectivity index (χ0n) is 13.2. The smallest absolute Gasteiger partial charge is 0.393 e. The lowest BCUT2D eigenvalue weighted by Crippen LogP contribution is -2.51. The molecule has 1 rings (SSSR count). The number of hydrogen-bond acceptors (Lipinski definition) is 3. The number of carboxylic acid groups (broad SMARTS) is 1. The van der Waals surface area contributed by atoms with Crippen molar-refractivity contribution in [1.82, 2.24) is 10.2 Å². The first-order chi connectivity index (χ1) is 9.89. The van der Waals surface area contributed by atoms with Crippen molar-refractivity contribution in [2.24, 2.45) is 11.8 Å². The molecule has 1 heterocycles. The second-order valence-electron chi connectivity index (χ2n) is 6.45. The van der Waals surface area contributed by atoms with Crippen LogP contribution in [-0.4, -0.2) is 52.7 Å². The molecule has 0 aliphatic carbocycles. The molecule has 0 radical (unpaired) electrons. The number of amides is 1. The Kier molecular flexibility index (Phi) is 5.48. The molecule has 1 aliphatic heterocycles. The van der Waals surface area contributed by atoms with Gasteiger partial charge in [0.25, 0.3) is 0 Å². The van der Waals surface area contributed by atoms with E-state index in [9.17, 15) is 22.8 Å². The molecular weight excluding hydrogens is 301 g/mol. The Hall–Kier alpha value is -1.31. The molecule has 2 N–H and O–H groups in total. The van der Waals surface area contributed by atoms with Crippen LogP contribution < -0.4 is 5.32 Å². The van der Waals surface area contributed by atoms with E-state index in [0.717, 1.165) is 0 Å². The second kappa shape index (κ2) is 6.44. The number of nitrogens with one attached hydrogen (secondary N) is 1. The van der Waals surface area contributed by atoms with Crippen molar-refractivity contribution >= 4 is 11.9 Å². The number of nitrogens with zero attached hydrogens (tertiary/aromatic N) is 1. The molecule has 0 bridgehead atoms. The van der Waals surface area contributed by atoms with E-state index in [1.807, 2.05) is 20.8 Å². The lowest BCUT2D eigenvalue weighted by atomic mass is 9.96. The van der Waals surface area contributed by atoms with Crippen molar-refractivity contribution in [1.29, 1.82) is 0 Å². The Morgan fingerprint density at radius 2 is 1.86 bits per heavy atom. The highest BCUT2D eigenvalue weighted by Gasteiger charge is 2.53. The number of rotatable bonds is 5. The molecule has 0 aromatic rings. The van der Waals surface area contributed by atoms with Crippen molar-refractivity contribution < 1.29 is 27.9 Å². The summed E-state index contributed by atoms with van der Waals surface area (Å²) in [7, 11) is 0. The molecule has 3 atom stereocenters. The molecule has 1 unspecified atom stereocenters. The van der Waals surface area contributed by atoms with E-state index >= 15 is 0 Å². The molecule has 0 saturated carbocycles. The quantitative estimate of drug-likeness (QED) is 0.810. The van der Waals surface area contributed by atoms with Crippen molar-refractivity contribution in [2.75, 3.05) is 13.1 Å². The SMILES string of the molecule is CCC(C)(C)NC(=O)C(C)N1C[C@@H](C(F)(F)F)[C@H](C(=O)O)C1. The fourth-order valence-electron chi connectivity index (χ4n) is 2.42. The Balaban J connectivity index is 2.82. The summed E-state index contributed by atoms with van der Waals surface area (Å²) in [4.78, 5) is 24.5. The maximum atomic E-state index is 12.9. The first-order valence-electron chi connectivity index (χ1n) is 7.24. The topological polar surface area (TPSA) is 69.6 Å². The van der Waals surface area contributed by atoms with Gasteiger partial charge in [0.05, 0.1) is 17.9 Å². The summed E-state index contributed by atoms with van der Waals surface area (Å²) in [6.45, 7) is 6.28. The lowest BCUT2D eigenvalue weighted by Gasteiger charge is -2.30. The molecule has 128 valence electrons. The van der Waals surface area contributed by atoms with Gasteiger partial charge in [0, 0.05) is 18.6 Å². The van der Waals surface area contributed by atoms with Gasteiger partial charge in [0.1, 0.15) is 0 Å². The van der Waals surface area contributed by atoms with Crippen LogP contribution in [0.3, 0.4) is 0 Å². The summed E-state index contributed by atoms with van der Waals surface area (Å²) < 4.78 is 38.8. The van der Waals surface area contributed by atoms with Crippen molar-refractivity contribution in [3.63, 3.8) is 0 Å². The fraction of sp³-hybridized carbons (Fsp3) is 0.857. The average molecular weight is 324 g/mol. The standard InChI is InChI=1S/C14H23F3N2O3/c1-5-13(3,4)18-11(20)8(2)19-6-9(12(21)22)10(7-19)14(15,16)17/h8-10H,5-7H2,1-4H3,(H,18,20)(H,21,22)/t8?,9-,10-/m1/s1. The number of carboxylic acids is 1. The number of hydrogen-bond donors (Lipinski definition) is 2. The normalized spacial score (nSPS) is 25.0. The van der Waals surface area contributed by atoms with E-state index in [2.05, 4.69) is 5.32 Å². The van der Waals surface area contributed by atoms with Crippen LogP contribution >= 0.6 is 0 Å². The maximum absolute atomic E-state index is 12.9. The number of aliphatic carboxylic acids is 1. The summed E-state index contributed by atoms with van der Waals surface area (Å²) in [6, 6.07) is -0.806. The van der Waals surface area contributed by atoms with Crippen molar-refractivity contribution in [3.05, 3.63) is 0 Å². The second-order valence-corrected chi connectivity index (χ2v) is 6.45. The van der Waals surface area contributed by atoms with Gasteiger partial charge in [0.2, 0.25) is 5.91 Å². The van der Waals surface area contributed by atoms with Crippen molar-refractivity contribution in [2.45, 2.75) is 51.9 Å². The number of halogens is 3. The Bertz CT molecular complexity index is 438. The molecule has 1 aliphatic rings. The first-order valence-corrected chi connectivity index (χ1v) is 7.24. The van der Waals surface area contributed by atoms with Crippen LogP contribution in [0.5, 0.6) is 0 Å². The van der Waals surface area contributed by atoms with E-state index in [0.29, 0.717) is 6.42 Å². The van der Waals surface area contributed by atoms with E-state index in [1.165, 1.54) is 11.8 Å². The average Bonchev–Trinajstić information content (AvgIpc) is 2.82. The van der Waals surface area contributed by atoms with Crippen LogP contribution in [0.1, 0.15) is 34.1 Å². The highest BCUT2D eigenvalue weighted by Crippen LogP contribution is 2.38. The van der Waals surface area contributed by atoms with Crippen LogP contribution in [-0.2, 0) is 9.59 Å². The van der Waals surface area contributed by atoms with Gasteiger partial charge in [0.15, 0.2) is 0 Å². The summed E-state index contributed by atoms with van der Waals surface area (Å²) in [5.74, 6) is -5.35. The third-order valence-corrected chi connectivity index (χ3v) is 4.36. The van der Waals surface area contributed by atoms with E-state index in [4.69, 9.17) is 5.11 Å². The molecule has 1 saturated heterocycles. The lowest BCUT2D eigenvalue weighted by molar-refractivity contribution is -0.188. The Labute approximate surface area is 127 Å². The van der Waals surface area contributed by atoms with Crippen LogP contribution in [0.2, 0.25) is 0 Å². The van der Waals surface area contributed by atoms with Crippen LogP contribution in [0, 0.1) is 11.8 Å². The molecule has 1 amide bonds. The minimum Gasteiger partial charge on any atom is -0.481 e. The third-order valence-electron chi connectivity index (χ3n) is 4.36. The summed E-state index contributed by atoms with van der Waals surface area (Å²) in [5.41, 5.74) is -0.458. The molecular formula is C14H23F3N2O3. The minimum absolute atomic E-state index is 0.277. The van der Waals surface area contributed by atoms with Gasteiger partial charge in [-0.2, -0.15) is 13.2 Å². The summed E-state index contributed by atoms with van der Waals surface area (Å²) >= 11 is 0. The number of alkyl halides is 3. The van der Waals surface area contributed by atoms with Gasteiger partial charge < -0.3 is 10.4 Å². The molecule has 22 heavy (non-hydrogen) atoms. The highest BCUT2D eigenvalue weighted by molar-refractivity contribution is 5.82. The van der Waals surface area contributed by atoms with Gasteiger partial charge in [-0.05, 0) is 27.2 Å². The molecule has 1 fully saturated rings. The molecule has 0 aromatic heterocycles. The Morgan fingerprint density at radius 1 is 1.32 bits per heavy atom. The number of likely N-dealkylation sites (tertiary alicyclic amines) is 1. The molecule has 0 spiro atoms. The third kappa shape index (κ3) is 4.34. The van der Waals surface area contributed by atoms with Gasteiger partial charge >= 0.3 is 12.1 Å². The zero-order valence-corrected chi connectivity index (χ0v) is 13.2. The minimum atomic E-state index is -4.59. The van der Waals surface area contributed by atoms with Gasteiger partial charge in [-0.25, -0.2) is 0 Å². The first kappa shape index (κ1) is 18.7. The van der Waals surface area contributed by atoms with Gasteiger partial charge in [-0.15, -0.1) is 0 Å². The highest BCUT2D eigenvalue weighted by atomic mass is 19.4. The van der Waals surface area contributed by atoms with Gasteiger partial charge in [-0.3, -0.25) is 14.5 Å². The summed E-state index contributed by atoms with van der Waals surface area (Å²) in [6.07, 6.45) is -3.91. The predicted octanol–water partition coefficient (Wildman–Crippen LogP) is 1.87. The van der Waals surface area contributed by atoms with E-state index in [1.54, 1.807) is 0 Å². The monoisotopic (exact) mass is 324 g/mol. The Morgan fingerprint density at radius 3 is 2.23 bits per heavy atom. The van der Waals surface area contributed by atoms with Crippen molar-refractivity contribution in [3.8, 4) is 0 Å². The largest absolute Gasteiger partial charge is 0.481 e. The number of carbonyl (C=O) groups is 2. The maximum Gasteiger partial charge on any atom is 0.393 e. The van der Waals surface area contributed by atoms with Gasteiger partial charge in [-0.1, -0.05) is 6.92 Å². The predicted molar refractivity (Wildman–Crippen MR) is 74.2 cm³/mol. The zero-order chi connectivity index (χ0) is 17.3. The fourth-order valence-corrected chi connectivity index (χ4v) is 2.42. The van der Waals surface area contributed by atoms with Crippen LogP contribution in [0.25, 0.3) is 0 Å². The molecule has 0 aromatic carbocycles. The van der Waals surface area contributed by atoms with E-state index < -0.39 is 42.1 Å². The van der Waals surface area contributed by atoms with Crippen LogP contribution in [0.4, 0.5) is 13.2 Å². The summed E-state index contributed by atoms with van der Waals surface area (Å²) in [5, 5.41) is 11.8. The number of carbonyl (C=O) groups excluding carboxylic acids is 1. The molecule has 5 nitrogen and oxygen atoms in total. The van der Waals surface area contributed by atoms with Crippen LogP contribution in [0.15, 0.2) is 0 Å². The van der Waals surface area contributed by atoms with E-state index in [-0.39, 0.29) is 12.5 Å². The molecule has 8 heteroatoms.